The zero-order chi connectivity index (χ0) is 13.8. The summed E-state index contributed by atoms with van der Waals surface area (Å²) in [5.41, 5.74) is 7.83. The minimum Gasteiger partial charge on any atom is -0.374 e. The summed E-state index contributed by atoms with van der Waals surface area (Å²) >= 11 is 6.22. The van der Waals surface area contributed by atoms with Crippen LogP contribution in [-0.4, -0.2) is 38.6 Å². The van der Waals surface area contributed by atoms with E-state index in [-0.39, 0.29) is 0 Å². The van der Waals surface area contributed by atoms with Crippen LogP contribution < -0.4 is 10.6 Å². The molecule has 1 saturated heterocycles. The Morgan fingerprint density at radius 3 is 2.63 bits per heavy atom. The van der Waals surface area contributed by atoms with Crippen molar-refractivity contribution in [2.45, 2.75) is 19.4 Å². The monoisotopic (exact) mass is 281 g/mol. The molecule has 0 radical (unpaired) electrons. The van der Waals surface area contributed by atoms with Crippen molar-refractivity contribution >= 4 is 17.3 Å². The van der Waals surface area contributed by atoms with Gasteiger partial charge < -0.3 is 15.5 Å². The van der Waals surface area contributed by atoms with Crippen molar-refractivity contribution in [3.63, 3.8) is 0 Å². The number of halogens is 1. The van der Waals surface area contributed by atoms with E-state index in [4.69, 9.17) is 17.3 Å². The molecule has 1 aliphatic rings. The summed E-state index contributed by atoms with van der Waals surface area (Å²) in [5, 5.41) is 0.773. The van der Waals surface area contributed by atoms with Crippen molar-refractivity contribution < 1.29 is 0 Å². The highest BCUT2D eigenvalue weighted by molar-refractivity contribution is 6.31. The SMILES string of the molecule is CN1CCC(CN(C)c2ccc(CN)c(Cl)c2)CC1. The van der Waals surface area contributed by atoms with Crippen LogP contribution in [0.1, 0.15) is 18.4 Å². The minimum atomic E-state index is 0.498. The van der Waals surface area contributed by atoms with E-state index in [1.807, 2.05) is 12.1 Å². The van der Waals surface area contributed by atoms with Gasteiger partial charge in [-0.1, -0.05) is 17.7 Å². The highest BCUT2D eigenvalue weighted by atomic mass is 35.5. The standard InChI is InChI=1S/C15H24ClN3/c1-18-7-5-12(6-8-18)11-19(2)14-4-3-13(10-17)15(16)9-14/h3-4,9,12H,5-8,10-11,17H2,1-2H3. The molecule has 1 aliphatic heterocycles. The average molecular weight is 282 g/mol. The predicted octanol–water partition coefficient (Wildman–Crippen LogP) is 2.58. The first kappa shape index (κ1) is 14.6. The molecular formula is C15H24ClN3. The Bertz CT molecular complexity index is 414. The Morgan fingerprint density at radius 1 is 1.37 bits per heavy atom. The van der Waals surface area contributed by atoms with Crippen molar-refractivity contribution in [1.29, 1.82) is 0 Å². The van der Waals surface area contributed by atoms with Gasteiger partial charge in [0.05, 0.1) is 0 Å². The molecule has 0 bridgehead atoms. The largest absolute Gasteiger partial charge is 0.374 e. The molecule has 1 aromatic rings. The van der Waals surface area contributed by atoms with Gasteiger partial charge in [0.25, 0.3) is 0 Å². The maximum atomic E-state index is 6.22. The van der Waals surface area contributed by atoms with Crippen molar-refractivity contribution in [3.8, 4) is 0 Å². The molecule has 19 heavy (non-hydrogen) atoms. The summed E-state index contributed by atoms with van der Waals surface area (Å²) in [7, 11) is 4.34. The molecule has 0 atom stereocenters. The van der Waals surface area contributed by atoms with Crippen LogP contribution in [0.15, 0.2) is 18.2 Å². The second-order valence-corrected chi connectivity index (χ2v) is 6.01. The summed E-state index contributed by atoms with van der Waals surface area (Å²) < 4.78 is 0. The molecule has 0 unspecified atom stereocenters. The fourth-order valence-corrected chi connectivity index (χ4v) is 2.93. The Hall–Kier alpha value is -0.770. The third-order valence-electron chi connectivity index (χ3n) is 4.07. The van der Waals surface area contributed by atoms with Crippen molar-refractivity contribution in [2.24, 2.45) is 11.7 Å². The summed E-state index contributed by atoms with van der Waals surface area (Å²) in [6.45, 7) is 4.03. The summed E-state index contributed by atoms with van der Waals surface area (Å²) in [4.78, 5) is 4.71. The van der Waals surface area contributed by atoms with Gasteiger partial charge in [0.15, 0.2) is 0 Å². The Labute approximate surface area is 121 Å². The molecule has 4 heteroatoms. The van der Waals surface area contributed by atoms with Crippen LogP contribution in [0.3, 0.4) is 0 Å². The molecule has 0 saturated carbocycles. The van der Waals surface area contributed by atoms with E-state index in [1.165, 1.54) is 31.6 Å². The molecule has 1 fully saturated rings. The smallest absolute Gasteiger partial charge is 0.0471 e. The van der Waals surface area contributed by atoms with Gasteiger partial charge in [-0.15, -0.1) is 0 Å². The van der Waals surface area contributed by atoms with E-state index in [9.17, 15) is 0 Å². The van der Waals surface area contributed by atoms with Crippen molar-refractivity contribution in [2.75, 3.05) is 38.6 Å². The lowest BCUT2D eigenvalue weighted by Gasteiger charge is -2.32. The number of hydrogen-bond donors (Lipinski definition) is 1. The first-order chi connectivity index (χ1) is 9.10. The fraction of sp³-hybridized carbons (Fsp3) is 0.600. The Morgan fingerprint density at radius 2 is 2.05 bits per heavy atom. The van der Waals surface area contributed by atoms with Crippen LogP contribution in [0.5, 0.6) is 0 Å². The fourth-order valence-electron chi connectivity index (χ4n) is 2.68. The van der Waals surface area contributed by atoms with E-state index in [2.05, 4.69) is 30.0 Å². The molecule has 0 spiro atoms. The molecular weight excluding hydrogens is 258 g/mol. The number of anilines is 1. The molecule has 2 rings (SSSR count). The number of benzene rings is 1. The zero-order valence-corrected chi connectivity index (χ0v) is 12.7. The third-order valence-corrected chi connectivity index (χ3v) is 4.42. The molecule has 2 N–H and O–H groups in total. The van der Waals surface area contributed by atoms with Crippen LogP contribution in [-0.2, 0) is 6.54 Å². The van der Waals surface area contributed by atoms with Crippen LogP contribution >= 0.6 is 11.6 Å². The number of piperidine rings is 1. The first-order valence-corrected chi connectivity index (χ1v) is 7.36. The van der Waals surface area contributed by atoms with E-state index in [1.54, 1.807) is 0 Å². The van der Waals surface area contributed by atoms with Gasteiger partial charge in [-0.3, -0.25) is 0 Å². The summed E-state index contributed by atoms with van der Waals surface area (Å²) in [5.74, 6) is 0.786. The second kappa shape index (κ2) is 6.60. The number of likely N-dealkylation sites (tertiary alicyclic amines) is 1. The number of nitrogens with two attached hydrogens (primary N) is 1. The third kappa shape index (κ3) is 3.85. The average Bonchev–Trinajstić information content (AvgIpc) is 2.41. The van der Waals surface area contributed by atoms with Crippen molar-refractivity contribution in [3.05, 3.63) is 28.8 Å². The van der Waals surface area contributed by atoms with Crippen molar-refractivity contribution in [1.82, 2.24) is 4.90 Å². The topological polar surface area (TPSA) is 32.5 Å². The highest BCUT2D eigenvalue weighted by Gasteiger charge is 2.18. The lowest BCUT2D eigenvalue weighted by Crippen LogP contribution is -2.35. The van der Waals surface area contributed by atoms with Gasteiger partial charge in [-0.05, 0) is 56.6 Å². The predicted molar refractivity (Wildman–Crippen MR) is 82.8 cm³/mol. The maximum Gasteiger partial charge on any atom is 0.0471 e. The lowest BCUT2D eigenvalue weighted by atomic mass is 9.96. The molecule has 106 valence electrons. The Kier molecular flexibility index (Phi) is 5.08. The van der Waals surface area contributed by atoms with Crippen LogP contribution in [0.4, 0.5) is 5.69 Å². The van der Waals surface area contributed by atoms with Gasteiger partial charge in [0, 0.05) is 30.8 Å². The Balaban J connectivity index is 1.96. The van der Waals surface area contributed by atoms with E-state index >= 15 is 0 Å². The quantitative estimate of drug-likeness (QED) is 0.921. The van der Waals surface area contributed by atoms with Gasteiger partial charge in [-0.25, -0.2) is 0 Å². The summed E-state index contributed by atoms with van der Waals surface area (Å²) in [6, 6.07) is 6.17. The molecule has 1 aromatic carbocycles. The maximum absolute atomic E-state index is 6.22. The van der Waals surface area contributed by atoms with Crippen LogP contribution in [0.25, 0.3) is 0 Å². The molecule has 3 nitrogen and oxygen atoms in total. The first-order valence-electron chi connectivity index (χ1n) is 6.98. The molecule has 0 aromatic heterocycles. The van der Waals surface area contributed by atoms with Gasteiger partial charge >= 0.3 is 0 Å². The van der Waals surface area contributed by atoms with E-state index < -0.39 is 0 Å². The lowest BCUT2D eigenvalue weighted by molar-refractivity contribution is 0.222. The normalized spacial score (nSPS) is 17.7. The zero-order valence-electron chi connectivity index (χ0n) is 11.9. The summed E-state index contributed by atoms with van der Waals surface area (Å²) in [6.07, 6.45) is 2.57. The molecule has 0 amide bonds. The number of nitrogens with zero attached hydrogens (tertiary/aromatic N) is 2. The van der Waals surface area contributed by atoms with E-state index in [0.29, 0.717) is 6.54 Å². The van der Waals surface area contributed by atoms with Crippen LogP contribution in [0, 0.1) is 5.92 Å². The number of hydrogen-bond acceptors (Lipinski definition) is 3. The second-order valence-electron chi connectivity index (χ2n) is 5.61. The van der Waals surface area contributed by atoms with Gasteiger partial charge in [0.2, 0.25) is 0 Å². The molecule has 1 heterocycles. The minimum absolute atomic E-state index is 0.498. The van der Waals surface area contributed by atoms with Crippen LogP contribution in [0.2, 0.25) is 5.02 Å². The number of rotatable bonds is 4. The van der Waals surface area contributed by atoms with Gasteiger partial charge in [-0.2, -0.15) is 0 Å². The highest BCUT2D eigenvalue weighted by Crippen LogP contribution is 2.25. The molecule has 0 aliphatic carbocycles. The van der Waals surface area contributed by atoms with Gasteiger partial charge in [0.1, 0.15) is 0 Å². The van der Waals surface area contributed by atoms with E-state index in [0.717, 1.165) is 23.0 Å².